The van der Waals surface area contributed by atoms with Crippen molar-refractivity contribution in [3.8, 4) is 0 Å². The molecule has 1 aromatic rings. The van der Waals surface area contributed by atoms with Crippen LogP contribution in [0, 0.1) is 18.7 Å². The average Bonchev–Trinajstić information content (AvgIpc) is 2.30. The highest BCUT2D eigenvalue weighted by Gasteiger charge is 2.19. The summed E-state index contributed by atoms with van der Waals surface area (Å²) in [7, 11) is 0. The largest absolute Gasteiger partial charge is 0.466 e. The molecule has 17 heavy (non-hydrogen) atoms. The third-order valence-corrected chi connectivity index (χ3v) is 2.68. The van der Waals surface area contributed by atoms with Crippen LogP contribution in [0.5, 0.6) is 0 Å². The lowest BCUT2D eigenvalue weighted by Gasteiger charge is -2.14. The number of esters is 1. The fourth-order valence-corrected chi connectivity index (χ4v) is 1.65. The molecule has 4 heteroatoms. The van der Waals surface area contributed by atoms with Crippen LogP contribution in [0.2, 0.25) is 0 Å². The van der Waals surface area contributed by atoms with E-state index in [0.29, 0.717) is 13.0 Å². The molecule has 3 nitrogen and oxygen atoms in total. The summed E-state index contributed by atoms with van der Waals surface area (Å²) >= 11 is 0. The standard InChI is InChI=1S/C13H18FNO2/c1-3-17-13(16)11(8-15)6-10-7-12(14)5-4-9(10)2/h4-5,7,11H,3,6,8,15H2,1-2H3. The first-order chi connectivity index (χ1) is 8.08. The predicted molar refractivity (Wildman–Crippen MR) is 64.0 cm³/mol. The minimum absolute atomic E-state index is 0.203. The van der Waals surface area contributed by atoms with Crippen LogP contribution in [-0.2, 0) is 16.0 Å². The lowest BCUT2D eigenvalue weighted by Crippen LogP contribution is -2.28. The summed E-state index contributed by atoms with van der Waals surface area (Å²) in [6.07, 6.45) is 0.416. The van der Waals surface area contributed by atoms with Crippen molar-refractivity contribution >= 4 is 5.97 Å². The average molecular weight is 239 g/mol. The number of carbonyl (C=O) groups is 1. The number of ether oxygens (including phenoxy) is 1. The van der Waals surface area contributed by atoms with Gasteiger partial charge in [-0.05, 0) is 43.5 Å². The first kappa shape index (κ1) is 13.6. The van der Waals surface area contributed by atoms with E-state index in [0.717, 1.165) is 11.1 Å². The van der Waals surface area contributed by atoms with E-state index in [2.05, 4.69) is 0 Å². The first-order valence-corrected chi connectivity index (χ1v) is 5.70. The van der Waals surface area contributed by atoms with Crippen molar-refractivity contribution in [2.24, 2.45) is 11.7 Å². The summed E-state index contributed by atoms with van der Waals surface area (Å²) in [5, 5.41) is 0. The van der Waals surface area contributed by atoms with Gasteiger partial charge in [0.25, 0.3) is 0 Å². The van der Waals surface area contributed by atoms with E-state index in [9.17, 15) is 9.18 Å². The lowest BCUT2D eigenvalue weighted by molar-refractivity contribution is -0.147. The molecule has 0 amide bonds. The molecule has 0 spiro atoms. The quantitative estimate of drug-likeness (QED) is 0.797. The van der Waals surface area contributed by atoms with Crippen LogP contribution >= 0.6 is 0 Å². The molecule has 0 radical (unpaired) electrons. The number of halogens is 1. The second kappa shape index (κ2) is 6.35. The number of nitrogens with two attached hydrogens (primary N) is 1. The van der Waals surface area contributed by atoms with Crippen molar-refractivity contribution in [3.63, 3.8) is 0 Å². The van der Waals surface area contributed by atoms with Crippen LogP contribution in [0.1, 0.15) is 18.1 Å². The van der Waals surface area contributed by atoms with E-state index in [-0.39, 0.29) is 18.3 Å². The molecule has 94 valence electrons. The second-order valence-electron chi connectivity index (χ2n) is 3.96. The van der Waals surface area contributed by atoms with E-state index in [1.54, 1.807) is 13.0 Å². The summed E-state index contributed by atoms with van der Waals surface area (Å²) in [6, 6.07) is 4.54. The third kappa shape index (κ3) is 3.82. The molecule has 0 bridgehead atoms. The Balaban J connectivity index is 2.80. The molecule has 0 aliphatic heterocycles. The molecule has 0 aromatic heterocycles. The molecule has 0 aliphatic rings. The lowest BCUT2D eigenvalue weighted by atomic mass is 9.96. The Bertz CT molecular complexity index is 393. The summed E-state index contributed by atoms with van der Waals surface area (Å²) < 4.78 is 18.0. The minimum Gasteiger partial charge on any atom is -0.466 e. The monoisotopic (exact) mass is 239 g/mol. The van der Waals surface area contributed by atoms with Gasteiger partial charge < -0.3 is 10.5 Å². The molecule has 0 aliphatic carbocycles. The van der Waals surface area contributed by atoms with Gasteiger partial charge in [-0.3, -0.25) is 4.79 Å². The fraction of sp³-hybridized carbons (Fsp3) is 0.462. The van der Waals surface area contributed by atoms with Crippen LogP contribution in [0.3, 0.4) is 0 Å². The van der Waals surface area contributed by atoms with Crippen molar-refractivity contribution in [2.45, 2.75) is 20.3 Å². The molecule has 0 heterocycles. The van der Waals surface area contributed by atoms with Gasteiger partial charge in [0.2, 0.25) is 0 Å². The predicted octanol–water partition coefficient (Wildman–Crippen LogP) is 1.81. The van der Waals surface area contributed by atoms with Gasteiger partial charge in [0.15, 0.2) is 0 Å². The number of hydrogen-bond donors (Lipinski definition) is 1. The van der Waals surface area contributed by atoms with Crippen LogP contribution in [0.4, 0.5) is 4.39 Å². The number of carbonyl (C=O) groups excluding carboxylic acids is 1. The minimum atomic E-state index is -0.407. The third-order valence-electron chi connectivity index (χ3n) is 2.68. The Hall–Kier alpha value is -1.42. The number of rotatable bonds is 5. The van der Waals surface area contributed by atoms with E-state index in [4.69, 9.17) is 10.5 Å². The molecule has 0 saturated carbocycles. The van der Waals surface area contributed by atoms with E-state index < -0.39 is 5.92 Å². The van der Waals surface area contributed by atoms with Crippen LogP contribution in [-0.4, -0.2) is 19.1 Å². The van der Waals surface area contributed by atoms with Crippen molar-refractivity contribution in [1.29, 1.82) is 0 Å². The second-order valence-corrected chi connectivity index (χ2v) is 3.96. The van der Waals surface area contributed by atoms with Crippen molar-refractivity contribution in [2.75, 3.05) is 13.2 Å². The van der Waals surface area contributed by atoms with Crippen molar-refractivity contribution < 1.29 is 13.9 Å². The number of benzene rings is 1. The molecule has 1 rings (SSSR count). The molecule has 1 aromatic carbocycles. The maximum atomic E-state index is 13.1. The fourth-order valence-electron chi connectivity index (χ4n) is 1.65. The van der Waals surface area contributed by atoms with Crippen LogP contribution in [0.15, 0.2) is 18.2 Å². The van der Waals surface area contributed by atoms with Gasteiger partial charge >= 0.3 is 5.97 Å². The SMILES string of the molecule is CCOC(=O)C(CN)Cc1cc(F)ccc1C. The van der Waals surface area contributed by atoms with Gasteiger partial charge in [0.1, 0.15) is 5.82 Å². The zero-order chi connectivity index (χ0) is 12.8. The maximum Gasteiger partial charge on any atom is 0.310 e. The Kier molecular flexibility index (Phi) is 5.10. The van der Waals surface area contributed by atoms with E-state index >= 15 is 0 Å². The summed E-state index contributed by atoms with van der Waals surface area (Å²) in [5.74, 6) is -1.03. The molecule has 2 N–H and O–H groups in total. The van der Waals surface area contributed by atoms with E-state index in [1.165, 1.54) is 12.1 Å². The zero-order valence-corrected chi connectivity index (χ0v) is 10.2. The highest BCUT2D eigenvalue weighted by Crippen LogP contribution is 2.15. The molecular formula is C13H18FNO2. The smallest absolute Gasteiger partial charge is 0.310 e. The number of aryl methyl sites for hydroxylation is 1. The van der Waals surface area contributed by atoms with Crippen molar-refractivity contribution in [3.05, 3.63) is 35.1 Å². The van der Waals surface area contributed by atoms with Gasteiger partial charge in [-0.25, -0.2) is 4.39 Å². The van der Waals surface area contributed by atoms with Gasteiger partial charge in [-0.15, -0.1) is 0 Å². The van der Waals surface area contributed by atoms with Gasteiger partial charge in [0, 0.05) is 6.54 Å². The molecule has 0 saturated heterocycles. The van der Waals surface area contributed by atoms with E-state index in [1.807, 2.05) is 6.92 Å². The van der Waals surface area contributed by atoms with Gasteiger partial charge in [-0.1, -0.05) is 6.07 Å². The Morgan fingerprint density at radius 2 is 2.24 bits per heavy atom. The molecule has 1 atom stereocenters. The zero-order valence-electron chi connectivity index (χ0n) is 10.2. The highest BCUT2D eigenvalue weighted by molar-refractivity contribution is 5.73. The van der Waals surface area contributed by atoms with Crippen LogP contribution < -0.4 is 5.73 Å². The molecular weight excluding hydrogens is 221 g/mol. The number of hydrogen-bond acceptors (Lipinski definition) is 3. The van der Waals surface area contributed by atoms with Crippen molar-refractivity contribution in [1.82, 2.24) is 0 Å². The highest BCUT2D eigenvalue weighted by atomic mass is 19.1. The Morgan fingerprint density at radius 1 is 1.53 bits per heavy atom. The summed E-state index contributed by atoms with van der Waals surface area (Å²) in [6.45, 7) is 4.17. The topological polar surface area (TPSA) is 52.3 Å². The van der Waals surface area contributed by atoms with Gasteiger partial charge in [0.05, 0.1) is 12.5 Å². The van der Waals surface area contributed by atoms with Gasteiger partial charge in [-0.2, -0.15) is 0 Å². The molecule has 1 unspecified atom stereocenters. The Morgan fingerprint density at radius 3 is 2.82 bits per heavy atom. The van der Waals surface area contributed by atoms with Crippen LogP contribution in [0.25, 0.3) is 0 Å². The first-order valence-electron chi connectivity index (χ1n) is 5.70. The molecule has 0 fully saturated rings. The Labute approximate surface area is 101 Å². The maximum absolute atomic E-state index is 13.1. The normalized spacial score (nSPS) is 12.2. The summed E-state index contributed by atoms with van der Waals surface area (Å²) in [5.41, 5.74) is 7.30. The summed E-state index contributed by atoms with van der Waals surface area (Å²) in [4.78, 5) is 11.6.